The first kappa shape index (κ1) is 12.0. The molecule has 0 saturated heterocycles. The standard InChI is InChI=1S/C17H17NO/c1-3-12(2)17-13-8-4-6-10-15(13)19-16-11-7-5-9-14(16)18-17/h4-12H,3H2,1-2H3. The molecule has 2 heteroatoms. The number of hydrogen-bond donors (Lipinski definition) is 0. The van der Waals surface area contributed by atoms with Crippen LogP contribution in [0.15, 0.2) is 53.5 Å². The Hall–Kier alpha value is -2.09. The first-order chi connectivity index (χ1) is 9.29. The Kier molecular flexibility index (Phi) is 3.08. The third-order valence-electron chi connectivity index (χ3n) is 3.57. The summed E-state index contributed by atoms with van der Waals surface area (Å²) in [6.45, 7) is 4.40. The molecule has 0 radical (unpaired) electrons. The fraction of sp³-hybridized carbons (Fsp3) is 0.235. The first-order valence-corrected chi connectivity index (χ1v) is 6.74. The molecule has 2 nitrogen and oxygen atoms in total. The van der Waals surface area contributed by atoms with Gasteiger partial charge in [0.25, 0.3) is 0 Å². The average molecular weight is 251 g/mol. The van der Waals surface area contributed by atoms with Gasteiger partial charge in [-0.25, -0.2) is 4.99 Å². The van der Waals surface area contributed by atoms with E-state index in [0.717, 1.165) is 34.9 Å². The van der Waals surface area contributed by atoms with Crippen molar-refractivity contribution in [3.8, 4) is 11.5 Å². The SMILES string of the molecule is CCC(C)C1=Nc2ccccc2Oc2ccccc21. The zero-order valence-corrected chi connectivity index (χ0v) is 11.3. The van der Waals surface area contributed by atoms with Crippen molar-refractivity contribution in [1.82, 2.24) is 0 Å². The van der Waals surface area contributed by atoms with Crippen molar-refractivity contribution in [2.75, 3.05) is 0 Å². The van der Waals surface area contributed by atoms with Gasteiger partial charge in [-0.15, -0.1) is 0 Å². The summed E-state index contributed by atoms with van der Waals surface area (Å²) in [5, 5.41) is 0. The molecule has 1 heterocycles. The maximum atomic E-state index is 6.01. The van der Waals surface area contributed by atoms with Crippen LogP contribution in [0.3, 0.4) is 0 Å². The summed E-state index contributed by atoms with van der Waals surface area (Å²) in [6.07, 6.45) is 1.06. The monoisotopic (exact) mass is 251 g/mol. The fourth-order valence-corrected chi connectivity index (χ4v) is 2.28. The van der Waals surface area contributed by atoms with Crippen LogP contribution in [0.4, 0.5) is 5.69 Å². The van der Waals surface area contributed by atoms with E-state index < -0.39 is 0 Å². The molecule has 96 valence electrons. The van der Waals surface area contributed by atoms with Crippen molar-refractivity contribution in [2.45, 2.75) is 20.3 Å². The van der Waals surface area contributed by atoms with Gasteiger partial charge in [0.2, 0.25) is 0 Å². The van der Waals surface area contributed by atoms with Gasteiger partial charge in [0, 0.05) is 5.56 Å². The summed E-state index contributed by atoms with van der Waals surface area (Å²) in [6, 6.07) is 16.1. The van der Waals surface area contributed by atoms with Crippen LogP contribution in [0, 0.1) is 5.92 Å². The molecule has 1 aliphatic rings. The fourth-order valence-electron chi connectivity index (χ4n) is 2.28. The van der Waals surface area contributed by atoms with E-state index in [2.05, 4.69) is 19.9 Å². The quantitative estimate of drug-likeness (QED) is 0.739. The minimum absolute atomic E-state index is 0.413. The van der Waals surface area contributed by atoms with E-state index >= 15 is 0 Å². The third kappa shape index (κ3) is 2.14. The summed E-state index contributed by atoms with van der Waals surface area (Å²) < 4.78 is 6.01. The lowest BCUT2D eigenvalue weighted by molar-refractivity contribution is 0.484. The number of fused-ring (bicyclic) bond motifs is 2. The third-order valence-corrected chi connectivity index (χ3v) is 3.57. The Morgan fingerprint density at radius 1 is 1.00 bits per heavy atom. The van der Waals surface area contributed by atoms with E-state index in [1.165, 1.54) is 0 Å². The molecule has 19 heavy (non-hydrogen) atoms. The molecule has 0 fully saturated rings. The first-order valence-electron chi connectivity index (χ1n) is 6.74. The van der Waals surface area contributed by atoms with Crippen molar-refractivity contribution in [3.05, 3.63) is 54.1 Å². The zero-order valence-electron chi connectivity index (χ0n) is 11.3. The van der Waals surface area contributed by atoms with E-state index in [1.54, 1.807) is 0 Å². The summed E-state index contributed by atoms with van der Waals surface area (Å²) in [5.41, 5.74) is 3.13. The topological polar surface area (TPSA) is 21.6 Å². The van der Waals surface area contributed by atoms with Gasteiger partial charge in [0.15, 0.2) is 5.75 Å². The van der Waals surface area contributed by atoms with Crippen LogP contribution in [0.2, 0.25) is 0 Å². The Bertz CT molecular complexity index is 631. The van der Waals surface area contributed by atoms with Crippen LogP contribution in [-0.2, 0) is 0 Å². The summed E-state index contributed by atoms with van der Waals surface area (Å²) in [4.78, 5) is 4.84. The molecule has 1 atom stereocenters. The number of aliphatic imine (C=N–C) groups is 1. The number of benzene rings is 2. The van der Waals surface area contributed by atoms with Crippen LogP contribution in [0.1, 0.15) is 25.8 Å². The minimum Gasteiger partial charge on any atom is -0.454 e. The average Bonchev–Trinajstić information content (AvgIpc) is 2.62. The van der Waals surface area contributed by atoms with E-state index in [9.17, 15) is 0 Å². The zero-order chi connectivity index (χ0) is 13.2. The molecule has 0 aliphatic carbocycles. The van der Waals surface area contributed by atoms with E-state index in [-0.39, 0.29) is 0 Å². The molecule has 0 bridgehead atoms. The molecule has 2 aromatic rings. The molecule has 0 spiro atoms. The van der Waals surface area contributed by atoms with Crippen LogP contribution in [0.25, 0.3) is 0 Å². The molecule has 0 aromatic heterocycles. The number of hydrogen-bond acceptors (Lipinski definition) is 2. The maximum absolute atomic E-state index is 6.01. The largest absolute Gasteiger partial charge is 0.454 e. The summed E-state index contributed by atoms with van der Waals surface area (Å²) >= 11 is 0. The number of ether oxygens (including phenoxy) is 1. The second kappa shape index (κ2) is 4.88. The lowest BCUT2D eigenvalue weighted by Crippen LogP contribution is -2.11. The van der Waals surface area contributed by atoms with Crippen LogP contribution in [0.5, 0.6) is 11.5 Å². The van der Waals surface area contributed by atoms with Crippen molar-refractivity contribution in [2.24, 2.45) is 10.9 Å². The van der Waals surface area contributed by atoms with Gasteiger partial charge in [-0.3, -0.25) is 0 Å². The Morgan fingerprint density at radius 3 is 2.47 bits per heavy atom. The Labute approximate surface area is 113 Å². The molecular weight excluding hydrogens is 234 g/mol. The van der Waals surface area contributed by atoms with Crippen LogP contribution in [-0.4, -0.2) is 5.71 Å². The van der Waals surface area contributed by atoms with Crippen LogP contribution < -0.4 is 4.74 Å². The van der Waals surface area contributed by atoms with Crippen molar-refractivity contribution in [3.63, 3.8) is 0 Å². The number of rotatable bonds is 2. The lowest BCUT2D eigenvalue weighted by Gasteiger charge is -2.13. The summed E-state index contributed by atoms with van der Waals surface area (Å²) in [7, 11) is 0. The molecule has 2 aromatic carbocycles. The normalized spacial score (nSPS) is 14.5. The van der Waals surface area contributed by atoms with Crippen LogP contribution >= 0.6 is 0 Å². The van der Waals surface area contributed by atoms with Gasteiger partial charge in [-0.05, 0) is 36.6 Å². The second-order valence-corrected chi connectivity index (χ2v) is 4.87. The second-order valence-electron chi connectivity index (χ2n) is 4.87. The predicted molar refractivity (Wildman–Crippen MR) is 78.6 cm³/mol. The van der Waals surface area contributed by atoms with Crippen molar-refractivity contribution in [1.29, 1.82) is 0 Å². The van der Waals surface area contributed by atoms with E-state index in [0.29, 0.717) is 5.92 Å². The highest BCUT2D eigenvalue weighted by atomic mass is 16.5. The van der Waals surface area contributed by atoms with E-state index in [1.807, 2.05) is 42.5 Å². The van der Waals surface area contributed by atoms with Gasteiger partial charge >= 0.3 is 0 Å². The van der Waals surface area contributed by atoms with Gasteiger partial charge in [0.1, 0.15) is 11.4 Å². The molecule has 0 N–H and O–H groups in total. The molecule has 0 amide bonds. The van der Waals surface area contributed by atoms with Gasteiger partial charge in [-0.1, -0.05) is 38.1 Å². The highest BCUT2D eigenvalue weighted by Gasteiger charge is 2.20. The van der Waals surface area contributed by atoms with Gasteiger partial charge in [0.05, 0.1) is 5.71 Å². The highest BCUT2D eigenvalue weighted by molar-refractivity contribution is 6.06. The smallest absolute Gasteiger partial charge is 0.153 e. The van der Waals surface area contributed by atoms with Crippen molar-refractivity contribution >= 4 is 11.4 Å². The number of nitrogens with zero attached hydrogens (tertiary/aromatic N) is 1. The Balaban J connectivity index is 2.22. The molecular formula is C17H17NO. The minimum atomic E-state index is 0.413. The molecule has 3 rings (SSSR count). The molecule has 1 unspecified atom stereocenters. The predicted octanol–water partition coefficient (Wildman–Crippen LogP) is 4.96. The summed E-state index contributed by atoms with van der Waals surface area (Å²) in [5.74, 6) is 2.13. The highest BCUT2D eigenvalue weighted by Crippen LogP contribution is 2.38. The van der Waals surface area contributed by atoms with Crippen molar-refractivity contribution < 1.29 is 4.74 Å². The molecule has 1 aliphatic heterocycles. The lowest BCUT2D eigenvalue weighted by atomic mass is 9.95. The van der Waals surface area contributed by atoms with Gasteiger partial charge < -0.3 is 4.74 Å². The van der Waals surface area contributed by atoms with E-state index in [4.69, 9.17) is 9.73 Å². The van der Waals surface area contributed by atoms with Gasteiger partial charge in [-0.2, -0.15) is 0 Å². The Morgan fingerprint density at radius 2 is 1.68 bits per heavy atom. The maximum Gasteiger partial charge on any atom is 0.153 e. The number of para-hydroxylation sites is 3. The molecule has 0 saturated carbocycles.